The van der Waals surface area contributed by atoms with Gasteiger partial charge in [0.2, 0.25) is 5.91 Å². The third kappa shape index (κ3) is 3.16. The van der Waals surface area contributed by atoms with E-state index in [-0.39, 0.29) is 12.5 Å². The van der Waals surface area contributed by atoms with E-state index in [0.29, 0.717) is 0 Å². The van der Waals surface area contributed by atoms with Crippen LogP contribution in [0.4, 0.5) is 5.69 Å². The summed E-state index contributed by atoms with van der Waals surface area (Å²) in [6.45, 7) is 2.25. The summed E-state index contributed by atoms with van der Waals surface area (Å²) < 4.78 is 5.09. The van der Waals surface area contributed by atoms with Crippen LogP contribution in [-0.2, 0) is 4.79 Å². The monoisotopic (exact) mass is 208 g/mol. The largest absolute Gasteiger partial charge is 0.497 e. The molecule has 1 rings (SSSR count). The summed E-state index contributed by atoms with van der Waals surface area (Å²) >= 11 is 0. The van der Waals surface area contributed by atoms with Crippen LogP contribution in [-0.4, -0.2) is 26.6 Å². The van der Waals surface area contributed by atoms with Crippen LogP contribution in [0.25, 0.3) is 0 Å². The molecule has 0 saturated carbocycles. The molecule has 4 heteroatoms. The number of carbonyl (C=O) groups excluding carboxylic acids is 1. The molecule has 0 saturated heterocycles. The van der Waals surface area contributed by atoms with Crippen molar-refractivity contribution in [3.8, 4) is 5.75 Å². The fourth-order valence-electron chi connectivity index (χ4n) is 1.23. The zero-order valence-corrected chi connectivity index (χ0v) is 9.26. The molecule has 4 nitrogen and oxygen atoms in total. The van der Waals surface area contributed by atoms with Gasteiger partial charge < -0.3 is 15.4 Å². The van der Waals surface area contributed by atoms with Gasteiger partial charge in [-0.05, 0) is 30.7 Å². The molecule has 0 unspecified atom stereocenters. The number of rotatable bonds is 4. The molecule has 0 atom stereocenters. The first-order valence-corrected chi connectivity index (χ1v) is 4.76. The van der Waals surface area contributed by atoms with Gasteiger partial charge in [0.05, 0.1) is 13.7 Å². The summed E-state index contributed by atoms with van der Waals surface area (Å²) in [5, 5.41) is 5.60. The standard InChI is InChI=1S/C11H16N2O2/c1-8-6-9(15-3)4-5-10(8)13-7-11(14)12-2/h4-6,13H,7H2,1-3H3,(H,12,14). The Bertz CT molecular complexity index is 350. The molecule has 0 heterocycles. The van der Waals surface area contributed by atoms with Crippen LogP contribution in [0.5, 0.6) is 5.75 Å². The average molecular weight is 208 g/mol. The molecule has 1 aromatic rings. The molecule has 0 radical (unpaired) electrons. The lowest BCUT2D eigenvalue weighted by Gasteiger charge is -2.09. The summed E-state index contributed by atoms with van der Waals surface area (Å²) in [5.74, 6) is 0.781. The highest BCUT2D eigenvalue weighted by Crippen LogP contribution is 2.20. The second-order valence-electron chi connectivity index (χ2n) is 3.21. The van der Waals surface area contributed by atoms with Crippen molar-refractivity contribution in [3.05, 3.63) is 23.8 Å². The van der Waals surface area contributed by atoms with Gasteiger partial charge in [0.15, 0.2) is 0 Å². The number of aryl methyl sites for hydroxylation is 1. The van der Waals surface area contributed by atoms with Crippen LogP contribution in [0.1, 0.15) is 5.56 Å². The Kier molecular flexibility index (Phi) is 3.97. The third-order valence-electron chi connectivity index (χ3n) is 2.15. The third-order valence-corrected chi connectivity index (χ3v) is 2.15. The number of hydrogen-bond donors (Lipinski definition) is 2. The van der Waals surface area contributed by atoms with Crippen molar-refractivity contribution in [2.45, 2.75) is 6.92 Å². The van der Waals surface area contributed by atoms with Crippen LogP contribution in [0, 0.1) is 6.92 Å². The number of hydrogen-bond acceptors (Lipinski definition) is 3. The van der Waals surface area contributed by atoms with Crippen LogP contribution in [0.3, 0.4) is 0 Å². The minimum absolute atomic E-state index is 0.0368. The Morgan fingerprint density at radius 3 is 2.73 bits per heavy atom. The maximum absolute atomic E-state index is 11.0. The van der Waals surface area contributed by atoms with Gasteiger partial charge in [-0.2, -0.15) is 0 Å². The lowest BCUT2D eigenvalue weighted by Crippen LogP contribution is -2.26. The maximum atomic E-state index is 11.0. The van der Waals surface area contributed by atoms with Crippen molar-refractivity contribution in [2.75, 3.05) is 26.0 Å². The zero-order valence-electron chi connectivity index (χ0n) is 9.26. The van der Waals surface area contributed by atoms with E-state index < -0.39 is 0 Å². The molecule has 1 aromatic carbocycles. The molecule has 0 aliphatic heterocycles. The quantitative estimate of drug-likeness (QED) is 0.780. The van der Waals surface area contributed by atoms with Gasteiger partial charge in [-0.1, -0.05) is 0 Å². The molecule has 2 N–H and O–H groups in total. The highest BCUT2D eigenvalue weighted by Gasteiger charge is 2.01. The fraction of sp³-hybridized carbons (Fsp3) is 0.364. The molecule has 0 aromatic heterocycles. The summed E-state index contributed by atoms with van der Waals surface area (Å²) in [4.78, 5) is 11.0. The van der Waals surface area contributed by atoms with E-state index in [4.69, 9.17) is 4.74 Å². The highest BCUT2D eigenvalue weighted by atomic mass is 16.5. The Morgan fingerprint density at radius 2 is 2.20 bits per heavy atom. The number of carbonyl (C=O) groups is 1. The second-order valence-corrected chi connectivity index (χ2v) is 3.21. The van der Waals surface area contributed by atoms with Crippen molar-refractivity contribution >= 4 is 11.6 Å². The molecule has 0 fully saturated rings. The molecule has 0 aliphatic rings. The van der Waals surface area contributed by atoms with Crippen LogP contribution in [0.2, 0.25) is 0 Å². The summed E-state index contributed by atoms with van der Waals surface area (Å²) in [7, 11) is 3.25. The van der Waals surface area contributed by atoms with Crippen LogP contribution >= 0.6 is 0 Å². The van der Waals surface area contributed by atoms with Gasteiger partial charge in [-0.3, -0.25) is 4.79 Å². The molecule has 0 bridgehead atoms. The first-order chi connectivity index (χ1) is 7.17. The summed E-state index contributed by atoms with van der Waals surface area (Å²) in [5.41, 5.74) is 2.00. The topological polar surface area (TPSA) is 50.4 Å². The number of ether oxygens (including phenoxy) is 1. The summed E-state index contributed by atoms with van der Waals surface area (Å²) in [6.07, 6.45) is 0. The normalized spacial score (nSPS) is 9.53. The predicted molar refractivity (Wildman–Crippen MR) is 60.3 cm³/mol. The van der Waals surface area contributed by atoms with E-state index in [2.05, 4.69) is 10.6 Å². The van der Waals surface area contributed by atoms with E-state index in [0.717, 1.165) is 17.0 Å². The lowest BCUT2D eigenvalue weighted by molar-refractivity contribution is -0.118. The van der Waals surface area contributed by atoms with Gasteiger partial charge >= 0.3 is 0 Å². The first kappa shape index (κ1) is 11.4. The van der Waals surface area contributed by atoms with Gasteiger partial charge in [0.25, 0.3) is 0 Å². The number of benzene rings is 1. The Balaban J connectivity index is 2.66. The van der Waals surface area contributed by atoms with E-state index in [1.165, 1.54) is 0 Å². The van der Waals surface area contributed by atoms with Crippen LogP contribution in [0.15, 0.2) is 18.2 Å². The van der Waals surface area contributed by atoms with Crippen molar-refractivity contribution in [3.63, 3.8) is 0 Å². The van der Waals surface area contributed by atoms with E-state index in [1.807, 2.05) is 25.1 Å². The minimum Gasteiger partial charge on any atom is -0.497 e. The number of methoxy groups -OCH3 is 1. The Labute approximate surface area is 89.6 Å². The van der Waals surface area contributed by atoms with E-state index >= 15 is 0 Å². The molecule has 0 spiro atoms. The maximum Gasteiger partial charge on any atom is 0.239 e. The molecule has 1 amide bonds. The Hall–Kier alpha value is -1.71. The molecular weight excluding hydrogens is 192 g/mol. The second kappa shape index (κ2) is 5.24. The lowest BCUT2D eigenvalue weighted by atomic mass is 10.2. The van der Waals surface area contributed by atoms with Gasteiger partial charge in [-0.15, -0.1) is 0 Å². The number of likely N-dealkylation sites (N-methyl/N-ethyl adjacent to an activating group) is 1. The number of nitrogens with one attached hydrogen (secondary N) is 2. The van der Waals surface area contributed by atoms with Crippen molar-refractivity contribution in [1.82, 2.24) is 5.32 Å². The zero-order chi connectivity index (χ0) is 11.3. The average Bonchev–Trinajstić information content (AvgIpc) is 2.26. The van der Waals surface area contributed by atoms with Gasteiger partial charge in [-0.25, -0.2) is 0 Å². The predicted octanol–water partition coefficient (Wildman–Crippen LogP) is 1.16. The smallest absolute Gasteiger partial charge is 0.239 e. The molecule has 82 valence electrons. The molecular formula is C11H16N2O2. The molecule has 0 aliphatic carbocycles. The van der Waals surface area contributed by atoms with Crippen molar-refractivity contribution < 1.29 is 9.53 Å². The van der Waals surface area contributed by atoms with Crippen molar-refractivity contribution in [2.24, 2.45) is 0 Å². The highest BCUT2D eigenvalue weighted by molar-refractivity contribution is 5.80. The summed E-state index contributed by atoms with van der Waals surface area (Å²) in [6, 6.07) is 5.68. The fourth-order valence-corrected chi connectivity index (χ4v) is 1.23. The SMILES string of the molecule is CNC(=O)CNc1ccc(OC)cc1C. The molecule has 15 heavy (non-hydrogen) atoms. The van der Waals surface area contributed by atoms with Gasteiger partial charge in [0, 0.05) is 12.7 Å². The van der Waals surface area contributed by atoms with E-state index in [1.54, 1.807) is 14.2 Å². The Morgan fingerprint density at radius 1 is 1.47 bits per heavy atom. The minimum atomic E-state index is -0.0368. The van der Waals surface area contributed by atoms with Crippen molar-refractivity contribution in [1.29, 1.82) is 0 Å². The van der Waals surface area contributed by atoms with E-state index in [9.17, 15) is 4.79 Å². The van der Waals surface area contributed by atoms with Gasteiger partial charge in [0.1, 0.15) is 5.75 Å². The number of amides is 1. The first-order valence-electron chi connectivity index (χ1n) is 4.76. The van der Waals surface area contributed by atoms with Crippen LogP contribution < -0.4 is 15.4 Å². The number of anilines is 1.